The van der Waals surface area contributed by atoms with Crippen molar-refractivity contribution >= 4 is 9.03 Å². The maximum atomic E-state index is 6.72. The monoisotopic (exact) mass is 746 g/mol. The average Bonchev–Trinajstić information content (AvgIpc) is 3.14. The third kappa shape index (κ3) is 9.25. The molecule has 0 amide bonds. The van der Waals surface area contributed by atoms with Gasteiger partial charge in [-0.1, -0.05) is 192 Å². The van der Waals surface area contributed by atoms with E-state index < -0.39 is 0 Å². The predicted octanol–water partition coefficient (Wildman–Crippen LogP) is 15.5. The molecule has 55 heavy (non-hydrogen) atoms. The van der Waals surface area contributed by atoms with E-state index in [2.05, 4.69) is 217 Å². The summed E-state index contributed by atoms with van der Waals surface area (Å²) in [6.45, 7) is 27.5. The SMILES string of the molecule is CC(C)(C)c1ccc(-c2cc(-c3ccccc3)ccc2OPOc2ccc(-c3ccccc3)cc2-c2ccc(C(C)(C)C)cc2C(C)(C)C)c(C(C)(C)C)c1. The van der Waals surface area contributed by atoms with Crippen LogP contribution in [-0.2, 0) is 21.7 Å². The first-order valence-electron chi connectivity index (χ1n) is 19.6. The van der Waals surface area contributed by atoms with E-state index in [1.807, 2.05) is 0 Å². The minimum absolute atomic E-state index is 0.0344. The molecular weight excluding hydrogens is 688 g/mol. The molecule has 0 spiro atoms. The zero-order chi connectivity index (χ0) is 39.8. The molecule has 6 aromatic carbocycles. The van der Waals surface area contributed by atoms with Crippen LogP contribution in [0.5, 0.6) is 11.5 Å². The third-order valence-electron chi connectivity index (χ3n) is 10.4. The lowest BCUT2D eigenvalue weighted by Crippen LogP contribution is -2.17. The summed E-state index contributed by atoms with van der Waals surface area (Å²) >= 11 is 0. The first kappa shape index (κ1) is 40.0. The van der Waals surface area contributed by atoms with Crippen LogP contribution in [0, 0.1) is 0 Å². The molecule has 2 nitrogen and oxygen atoms in total. The molecule has 0 radical (unpaired) electrons. The zero-order valence-corrected chi connectivity index (χ0v) is 36.0. The highest BCUT2D eigenvalue weighted by molar-refractivity contribution is 7.27. The molecule has 0 N–H and O–H groups in total. The zero-order valence-electron chi connectivity index (χ0n) is 35.0. The molecule has 0 atom stereocenters. The minimum Gasteiger partial charge on any atom is -0.440 e. The molecule has 0 heterocycles. The summed E-state index contributed by atoms with van der Waals surface area (Å²) in [5.74, 6) is 1.61. The van der Waals surface area contributed by atoms with Crippen molar-refractivity contribution in [2.24, 2.45) is 0 Å². The van der Waals surface area contributed by atoms with Crippen LogP contribution in [0.25, 0.3) is 44.5 Å². The van der Waals surface area contributed by atoms with Gasteiger partial charge in [-0.3, -0.25) is 0 Å². The van der Waals surface area contributed by atoms with Crippen LogP contribution >= 0.6 is 9.03 Å². The number of rotatable bonds is 8. The second-order valence-electron chi connectivity index (χ2n) is 19.0. The van der Waals surface area contributed by atoms with E-state index >= 15 is 0 Å². The fourth-order valence-corrected chi connectivity index (χ4v) is 7.70. The van der Waals surface area contributed by atoms with Crippen molar-refractivity contribution in [1.29, 1.82) is 0 Å². The average molecular weight is 747 g/mol. The van der Waals surface area contributed by atoms with E-state index in [1.165, 1.54) is 44.5 Å². The molecule has 6 rings (SSSR count). The van der Waals surface area contributed by atoms with Gasteiger partial charge in [0.1, 0.15) is 11.5 Å². The summed E-state index contributed by atoms with van der Waals surface area (Å²) in [5, 5.41) is 0. The molecule has 284 valence electrons. The molecule has 0 bridgehead atoms. The Bertz CT molecular complexity index is 2090. The van der Waals surface area contributed by atoms with E-state index in [4.69, 9.17) is 9.05 Å². The van der Waals surface area contributed by atoms with Crippen molar-refractivity contribution in [2.75, 3.05) is 0 Å². The van der Waals surface area contributed by atoms with Gasteiger partial charge in [-0.05, 0) is 102 Å². The van der Waals surface area contributed by atoms with Gasteiger partial charge in [-0.15, -0.1) is 0 Å². The van der Waals surface area contributed by atoms with Crippen molar-refractivity contribution in [2.45, 2.75) is 105 Å². The summed E-state index contributed by atoms with van der Waals surface area (Å²) in [7, 11) is -0.260. The maximum Gasteiger partial charge on any atom is 0.275 e. The molecule has 0 aliphatic heterocycles. The largest absolute Gasteiger partial charge is 0.440 e. The van der Waals surface area contributed by atoms with Crippen LogP contribution in [0.1, 0.15) is 105 Å². The second kappa shape index (κ2) is 15.5. The van der Waals surface area contributed by atoms with Gasteiger partial charge in [0.25, 0.3) is 9.03 Å². The topological polar surface area (TPSA) is 18.5 Å². The lowest BCUT2D eigenvalue weighted by molar-refractivity contribution is 0.517. The van der Waals surface area contributed by atoms with E-state index in [-0.39, 0.29) is 30.7 Å². The van der Waals surface area contributed by atoms with Crippen molar-refractivity contribution in [3.8, 4) is 56.0 Å². The van der Waals surface area contributed by atoms with Crippen LogP contribution < -0.4 is 9.05 Å². The maximum absolute atomic E-state index is 6.72. The molecular formula is C52H59O2P. The fourth-order valence-electron chi connectivity index (χ4n) is 7.12. The molecule has 0 saturated carbocycles. The van der Waals surface area contributed by atoms with Crippen LogP contribution in [0.15, 0.2) is 133 Å². The molecule has 6 aromatic rings. The molecule has 3 heteroatoms. The van der Waals surface area contributed by atoms with Gasteiger partial charge in [0.05, 0.1) is 0 Å². The Labute approximate surface area is 333 Å². The Morgan fingerprint density at radius 3 is 1.02 bits per heavy atom. The normalized spacial score (nSPS) is 12.4. The highest BCUT2D eigenvalue weighted by Gasteiger charge is 2.27. The van der Waals surface area contributed by atoms with Gasteiger partial charge in [-0.25, -0.2) is 0 Å². The van der Waals surface area contributed by atoms with Crippen molar-refractivity contribution in [3.63, 3.8) is 0 Å². The van der Waals surface area contributed by atoms with E-state index in [0.29, 0.717) is 0 Å². The van der Waals surface area contributed by atoms with E-state index in [9.17, 15) is 0 Å². The molecule has 0 saturated heterocycles. The van der Waals surface area contributed by atoms with Gasteiger partial charge >= 0.3 is 0 Å². The summed E-state index contributed by atoms with van der Waals surface area (Å²) in [4.78, 5) is 0. The summed E-state index contributed by atoms with van der Waals surface area (Å²) in [5.41, 5.74) is 14.3. The minimum atomic E-state index is -0.260. The molecule has 0 aliphatic carbocycles. The van der Waals surface area contributed by atoms with Crippen molar-refractivity contribution in [1.82, 2.24) is 0 Å². The van der Waals surface area contributed by atoms with Crippen molar-refractivity contribution in [3.05, 3.63) is 156 Å². The van der Waals surface area contributed by atoms with E-state index in [1.54, 1.807) is 0 Å². The summed E-state index contributed by atoms with van der Waals surface area (Å²) in [6, 6.07) is 48.2. The van der Waals surface area contributed by atoms with Gasteiger partial charge < -0.3 is 9.05 Å². The number of benzene rings is 6. The highest BCUT2D eigenvalue weighted by atomic mass is 31.1. The van der Waals surface area contributed by atoms with Crippen LogP contribution in [0.4, 0.5) is 0 Å². The summed E-state index contributed by atoms with van der Waals surface area (Å²) in [6.07, 6.45) is 0. The van der Waals surface area contributed by atoms with Gasteiger partial charge in [-0.2, -0.15) is 0 Å². The van der Waals surface area contributed by atoms with Gasteiger partial charge in [0.2, 0.25) is 0 Å². The van der Waals surface area contributed by atoms with Crippen LogP contribution in [0.2, 0.25) is 0 Å². The Balaban J connectivity index is 1.44. The van der Waals surface area contributed by atoms with Crippen molar-refractivity contribution < 1.29 is 9.05 Å². The van der Waals surface area contributed by atoms with E-state index in [0.717, 1.165) is 33.8 Å². The fraction of sp³-hybridized carbons (Fsp3) is 0.308. The molecule has 0 aromatic heterocycles. The quantitative estimate of drug-likeness (QED) is 0.144. The standard InChI is InChI=1S/C52H59O2P/c1-49(2,3)39-25-27-41(45(33-39)51(7,8)9)43-31-37(35-19-15-13-16-20-35)23-29-47(43)53-55-54-48-30-24-38(36-21-17-14-18-22-36)32-44(48)42-28-26-40(50(4,5)6)34-46(42)52(10,11)12/h13-34,55H,1-12H3. The smallest absolute Gasteiger partial charge is 0.275 e. The first-order chi connectivity index (χ1) is 25.8. The van der Waals surface area contributed by atoms with Gasteiger partial charge in [0.15, 0.2) is 0 Å². The molecule has 0 fully saturated rings. The van der Waals surface area contributed by atoms with Crippen LogP contribution in [0.3, 0.4) is 0 Å². The molecule has 0 aliphatic rings. The lowest BCUT2D eigenvalue weighted by atomic mass is 9.77. The number of hydrogen-bond acceptors (Lipinski definition) is 2. The number of hydrogen-bond donors (Lipinski definition) is 0. The Hall–Kier alpha value is -4.65. The lowest BCUT2D eigenvalue weighted by Gasteiger charge is -2.28. The first-order valence-corrected chi connectivity index (χ1v) is 20.4. The second-order valence-corrected chi connectivity index (χ2v) is 19.5. The Kier molecular flexibility index (Phi) is 11.3. The highest BCUT2D eigenvalue weighted by Crippen LogP contribution is 2.46. The van der Waals surface area contributed by atoms with Gasteiger partial charge in [0, 0.05) is 11.1 Å². The van der Waals surface area contributed by atoms with Crippen LogP contribution in [-0.4, -0.2) is 0 Å². The Morgan fingerprint density at radius 2 is 0.691 bits per heavy atom. The summed E-state index contributed by atoms with van der Waals surface area (Å²) < 4.78 is 13.4. The third-order valence-corrected chi connectivity index (χ3v) is 11.1. The Morgan fingerprint density at radius 1 is 0.327 bits per heavy atom. The predicted molar refractivity (Wildman–Crippen MR) is 239 cm³/mol. The molecule has 0 unspecified atom stereocenters.